The Labute approximate surface area is 109 Å². The first-order chi connectivity index (χ1) is 9.08. The van der Waals surface area contributed by atoms with Gasteiger partial charge in [0.25, 0.3) is 0 Å². The summed E-state index contributed by atoms with van der Waals surface area (Å²) in [5, 5.41) is 14.1. The van der Waals surface area contributed by atoms with Crippen molar-refractivity contribution in [1.82, 2.24) is 9.78 Å². The number of aromatic carboxylic acids is 1. The molecule has 0 saturated heterocycles. The molecule has 1 N–H and O–H groups in total. The van der Waals surface area contributed by atoms with Crippen molar-refractivity contribution in [2.75, 3.05) is 0 Å². The van der Waals surface area contributed by atoms with E-state index >= 15 is 0 Å². The van der Waals surface area contributed by atoms with E-state index in [9.17, 15) is 9.90 Å². The van der Waals surface area contributed by atoms with Crippen LogP contribution in [0.2, 0.25) is 0 Å². The van der Waals surface area contributed by atoms with Crippen molar-refractivity contribution in [1.29, 1.82) is 0 Å². The fourth-order valence-electron chi connectivity index (χ4n) is 2.21. The van der Waals surface area contributed by atoms with Crippen LogP contribution >= 0.6 is 0 Å². The highest BCUT2D eigenvalue weighted by Gasteiger charge is 2.20. The smallest absolute Gasteiger partial charge is 0.339 e. The Hall–Kier alpha value is -2.56. The Morgan fingerprint density at radius 1 is 1.42 bits per heavy atom. The summed E-state index contributed by atoms with van der Waals surface area (Å²) >= 11 is 0. The summed E-state index contributed by atoms with van der Waals surface area (Å²) in [6, 6.07) is 7.67. The van der Waals surface area contributed by atoms with Gasteiger partial charge >= 0.3 is 5.97 Å². The van der Waals surface area contributed by atoms with Crippen LogP contribution < -0.4 is 0 Å². The summed E-state index contributed by atoms with van der Waals surface area (Å²) in [7, 11) is 1.70. The molecule has 2 heterocycles. The first-order valence-electron chi connectivity index (χ1n) is 5.83. The number of benzene rings is 1. The third kappa shape index (κ3) is 1.71. The highest BCUT2D eigenvalue weighted by molar-refractivity contribution is 5.95. The average Bonchev–Trinajstić information content (AvgIpc) is 2.92. The Morgan fingerprint density at radius 3 is 2.89 bits per heavy atom. The maximum atomic E-state index is 11.2. The second-order valence-electron chi connectivity index (χ2n) is 4.44. The summed E-state index contributed by atoms with van der Waals surface area (Å²) < 4.78 is 7.30. The highest BCUT2D eigenvalue weighted by atomic mass is 16.4. The quantitative estimate of drug-likeness (QED) is 0.765. The SMILES string of the molecule is Cc1cccc2cc(-c3c(C(=O)O)cnn3C)oc12. The number of furan rings is 1. The number of fused-ring (bicyclic) bond motifs is 1. The van der Waals surface area contributed by atoms with Crippen LogP contribution in [0.15, 0.2) is 34.9 Å². The van der Waals surface area contributed by atoms with Gasteiger partial charge in [-0.2, -0.15) is 5.10 Å². The summed E-state index contributed by atoms with van der Waals surface area (Å²) in [4.78, 5) is 11.2. The molecule has 0 spiro atoms. The van der Waals surface area contributed by atoms with E-state index < -0.39 is 5.97 Å². The molecule has 2 aromatic heterocycles. The molecule has 96 valence electrons. The molecule has 0 amide bonds. The average molecular weight is 256 g/mol. The van der Waals surface area contributed by atoms with Gasteiger partial charge in [0.2, 0.25) is 0 Å². The summed E-state index contributed by atoms with van der Waals surface area (Å²) in [6.45, 7) is 1.96. The van der Waals surface area contributed by atoms with Crippen LogP contribution in [0.4, 0.5) is 0 Å². The molecule has 0 bridgehead atoms. The third-order valence-electron chi connectivity index (χ3n) is 3.14. The molecule has 0 atom stereocenters. The van der Waals surface area contributed by atoms with Crippen molar-refractivity contribution >= 4 is 16.9 Å². The topological polar surface area (TPSA) is 68.3 Å². The zero-order valence-corrected chi connectivity index (χ0v) is 10.5. The zero-order chi connectivity index (χ0) is 13.6. The number of hydrogen-bond acceptors (Lipinski definition) is 3. The van der Waals surface area contributed by atoms with Gasteiger partial charge in [0, 0.05) is 12.4 Å². The predicted molar refractivity (Wildman–Crippen MR) is 70.1 cm³/mol. The van der Waals surface area contributed by atoms with Crippen LogP contribution in [-0.2, 0) is 7.05 Å². The van der Waals surface area contributed by atoms with Crippen molar-refractivity contribution in [3.63, 3.8) is 0 Å². The standard InChI is InChI=1S/C14H12N2O3/c1-8-4-3-5-9-6-11(19-13(8)9)12-10(14(17)18)7-15-16(12)2/h3-7H,1-2H3,(H,17,18). The molecular weight excluding hydrogens is 244 g/mol. The first kappa shape index (κ1) is 11.5. The van der Waals surface area contributed by atoms with Gasteiger partial charge in [-0.25, -0.2) is 4.79 Å². The number of nitrogens with zero attached hydrogens (tertiary/aromatic N) is 2. The van der Waals surface area contributed by atoms with Crippen LogP contribution in [0, 0.1) is 6.92 Å². The Bertz CT molecular complexity index is 783. The first-order valence-corrected chi connectivity index (χ1v) is 5.83. The number of hydrogen-bond donors (Lipinski definition) is 1. The fourth-order valence-corrected chi connectivity index (χ4v) is 2.21. The van der Waals surface area contributed by atoms with E-state index in [2.05, 4.69) is 5.10 Å². The fraction of sp³-hybridized carbons (Fsp3) is 0.143. The minimum absolute atomic E-state index is 0.138. The number of aryl methyl sites for hydroxylation is 2. The predicted octanol–water partition coefficient (Wildman–Crippen LogP) is 2.84. The number of para-hydroxylation sites is 1. The van der Waals surface area contributed by atoms with E-state index in [1.54, 1.807) is 7.05 Å². The van der Waals surface area contributed by atoms with Crippen LogP contribution in [-0.4, -0.2) is 20.9 Å². The lowest BCUT2D eigenvalue weighted by Gasteiger charge is -1.99. The van der Waals surface area contributed by atoms with Crippen LogP contribution in [0.5, 0.6) is 0 Å². The number of carbonyl (C=O) groups is 1. The number of rotatable bonds is 2. The molecule has 19 heavy (non-hydrogen) atoms. The molecule has 5 nitrogen and oxygen atoms in total. The van der Waals surface area contributed by atoms with Crippen LogP contribution in [0.1, 0.15) is 15.9 Å². The number of carboxylic acid groups (broad SMARTS) is 1. The molecule has 0 saturated carbocycles. The van der Waals surface area contributed by atoms with E-state index in [1.807, 2.05) is 31.2 Å². The molecule has 0 fully saturated rings. The normalized spacial score (nSPS) is 11.1. The maximum Gasteiger partial charge on any atom is 0.339 e. The van der Waals surface area contributed by atoms with Crippen LogP contribution in [0.3, 0.4) is 0 Å². The molecule has 5 heteroatoms. The van der Waals surface area contributed by atoms with Crippen molar-refractivity contribution < 1.29 is 14.3 Å². The summed E-state index contributed by atoms with van der Waals surface area (Å²) in [5.41, 5.74) is 2.40. The molecule has 0 radical (unpaired) electrons. The lowest BCUT2D eigenvalue weighted by Crippen LogP contribution is -1.99. The molecule has 1 aromatic carbocycles. The van der Waals surface area contributed by atoms with Crippen molar-refractivity contribution in [3.8, 4) is 11.5 Å². The van der Waals surface area contributed by atoms with Gasteiger partial charge in [-0.3, -0.25) is 4.68 Å². The van der Waals surface area contributed by atoms with Crippen molar-refractivity contribution in [3.05, 3.63) is 41.6 Å². The monoisotopic (exact) mass is 256 g/mol. The molecule has 0 aliphatic rings. The van der Waals surface area contributed by atoms with E-state index in [-0.39, 0.29) is 5.56 Å². The number of carboxylic acids is 1. The van der Waals surface area contributed by atoms with E-state index in [0.717, 1.165) is 16.5 Å². The van der Waals surface area contributed by atoms with Gasteiger partial charge < -0.3 is 9.52 Å². The van der Waals surface area contributed by atoms with Crippen molar-refractivity contribution in [2.24, 2.45) is 7.05 Å². The molecule has 0 unspecified atom stereocenters. The minimum atomic E-state index is -1.01. The molecule has 3 rings (SSSR count). The second-order valence-corrected chi connectivity index (χ2v) is 4.44. The third-order valence-corrected chi connectivity index (χ3v) is 3.14. The van der Waals surface area contributed by atoms with Gasteiger partial charge in [-0.05, 0) is 18.6 Å². The summed E-state index contributed by atoms with van der Waals surface area (Å²) in [6.07, 6.45) is 1.33. The van der Waals surface area contributed by atoms with E-state index in [0.29, 0.717) is 11.5 Å². The largest absolute Gasteiger partial charge is 0.478 e. The number of aromatic nitrogens is 2. The Balaban J connectivity index is 2.28. The van der Waals surface area contributed by atoms with Crippen molar-refractivity contribution in [2.45, 2.75) is 6.92 Å². The van der Waals surface area contributed by atoms with Gasteiger partial charge in [0.05, 0.1) is 6.20 Å². The van der Waals surface area contributed by atoms with Gasteiger partial charge in [0.1, 0.15) is 16.8 Å². The van der Waals surface area contributed by atoms with Gasteiger partial charge in [-0.15, -0.1) is 0 Å². The van der Waals surface area contributed by atoms with Crippen LogP contribution in [0.25, 0.3) is 22.4 Å². The minimum Gasteiger partial charge on any atom is -0.478 e. The zero-order valence-electron chi connectivity index (χ0n) is 10.5. The Kier molecular flexibility index (Phi) is 2.41. The lowest BCUT2D eigenvalue weighted by molar-refractivity contribution is 0.0697. The van der Waals surface area contributed by atoms with E-state index in [4.69, 9.17) is 4.42 Å². The van der Waals surface area contributed by atoms with Gasteiger partial charge in [0.15, 0.2) is 5.76 Å². The molecule has 3 aromatic rings. The molecule has 0 aliphatic carbocycles. The summed E-state index contributed by atoms with van der Waals surface area (Å²) in [5.74, 6) is -0.498. The second kappa shape index (κ2) is 3.98. The van der Waals surface area contributed by atoms with Gasteiger partial charge in [-0.1, -0.05) is 18.2 Å². The van der Waals surface area contributed by atoms with E-state index in [1.165, 1.54) is 10.9 Å². The highest BCUT2D eigenvalue weighted by Crippen LogP contribution is 2.31. The Morgan fingerprint density at radius 2 is 2.21 bits per heavy atom. The maximum absolute atomic E-state index is 11.2. The molecule has 0 aliphatic heterocycles. The lowest BCUT2D eigenvalue weighted by atomic mass is 10.1. The molecular formula is C14H12N2O3.